The van der Waals surface area contributed by atoms with Crippen LogP contribution in [0.15, 0.2) is 35.4 Å². The number of ether oxygens (including phenoxy) is 7. The molecule has 0 saturated carbocycles. The average molecular weight is 1040 g/mol. The molecule has 1 aromatic heterocycles. The maximum absolute atomic E-state index is 14.4. The molecule has 19 atom stereocenters. The van der Waals surface area contributed by atoms with Gasteiger partial charge in [0.2, 0.25) is 0 Å². The Bertz CT molecular complexity index is 1960. The number of aromatic nitrogens is 3. The van der Waals surface area contributed by atoms with Gasteiger partial charge >= 0.3 is 5.97 Å². The van der Waals surface area contributed by atoms with E-state index in [-0.39, 0.29) is 31.5 Å². The Morgan fingerprint density at radius 2 is 1.68 bits per heavy atom. The number of hydrogen-bond acceptors (Lipinski definition) is 18. The minimum atomic E-state index is -1.82. The quantitative estimate of drug-likeness (QED) is 0.0867. The summed E-state index contributed by atoms with van der Waals surface area (Å²) in [5.74, 6) is -1.93. The molecule has 3 saturated heterocycles. The van der Waals surface area contributed by atoms with Crippen LogP contribution >= 0.6 is 0 Å². The summed E-state index contributed by atoms with van der Waals surface area (Å²) in [6, 6.07) is 6.25. The third kappa shape index (κ3) is 15.1. The van der Waals surface area contributed by atoms with Crippen molar-refractivity contribution in [3.63, 3.8) is 0 Å². The Morgan fingerprint density at radius 3 is 2.32 bits per heavy atom. The Kier molecular flexibility index (Phi) is 21.8. The van der Waals surface area contributed by atoms with Gasteiger partial charge in [-0.3, -0.25) is 9.48 Å². The van der Waals surface area contributed by atoms with Crippen LogP contribution in [0.1, 0.15) is 107 Å². The van der Waals surface area contributed by atoms with Crippen LogP contribution in [0.3, 0.4) is 0 Å². The fourth-order valence-corrected chi connectivity index (χ4v) is 11.6. The standard InChI is InChI=1S/C52H89N5O14S/c1-15-42-52(10,63)45(59)35(6)56(12)28-31(2)26-50(8,62)47(33(4)44(34(5)48(61)70-42)67-30-39-27-51(9,65-13)46(60)36(7)69-39)71-49-43(58)41(25-32(3)68-49)55(11)23-21-37-29-57(54-53-37)22-16-24-66-38-17-19-40(20-18-38)72(14)64/h17-20,29,31-36,39,41-47,49,58-60,62-63H,15-16,21-28,30H2,1-14H3/t31-,32-,33+,34-,35-,36+,39-,41+,42-,43-,44+,45-,46+,47-,49+,50-,51-,52-,72?/m1/s1. The topological polar surface area (TPSA) is 243 Å². The maximum atomic E-state index is 14.4. The number of likely N-dealkylation sites (N-methyl/N-ethyl adjacent to an activating group) is 2. The molecule has 0 aliphatic carbocycles. The molecule has 0 radical (unpaired) electrons. The number of rotatable bonds is 17. The van der Waals surface area contributed by atoms with E-state index in [1.807, 2.05) is 65.0 Å². The summed E-state index contributed by atoms with van der Waals surface area (Å²) in [4.78, 5) is 19.2. The van der Waals surface area contributed by atoms with E-state index in [0.29, 0.717) is 57.7 Å². The highest BCUT2D eigenvalue weighted by Gasteiger charge is 2.52. The van der Waals surface area contributed by atoms with E-state index >= 15 is 0 Å². The lowest BCUT2D eigenvalue weighted by Gasteiger charge is -2.48. The summed E-state index contributed by atoms with van der Waals surface area (Å²) >= 11 is -1.05. The number of cyclic esters (lactones) is 1. The smallest absolute Gasteiger partial charge is 0.311 e. The van der Waals surface area contributed by atoms with Gasteiger partial charge in [-0.25, -0.2) is 0 Å². The van der Waals surface area contributed by atoms with Crippen LogP contribution in [0.2, 0.25) is 0 Å². The third-order valence-corrected chi connectivity index (χ3v) is 16.6. The van der Waals surface area contributed by atoms with E-state index in [9.17, 15) is 34.9 Å². The highest BCUT2D eigenvalue weighted by molar-refractivity contribution is 7.90. The van der Waals surface area contributed by atoms with Gasteiger partial charge in [0.25, 0.3) is 0 Å². The van der Waals surface area contributed by atoms with Crippen LogP contribution in [-0.4, -0.2) is 205 Å². The molecule has 2 aromatic rings. The van der Waals surface area contributed by atoms with Crippen molar-refractivity contribution in [1.82, 2.24) is 24.8 Å². The third-order valence-electron chi connectivity index (χ3n) is 15.6. The van der Waals surface area contributed by atoms with Crippen molar-refractivity contribution in [3.8, 4) is 5.75 Å². The van der Waals surface area contributed by atoms with Crippen molar-refractivity contribution in [2.24, 2.45) is 17.8 Å². The second-order valence-electron chi connectivity index (χ2n) is 21.9. The van der Waals surface area contributed by atoms with E-state index in [1.165, 1.54) is 6.92 Å². The van der Waals surface area contributed by atoms with Crippen LogP contribution in [0.5, 0.6) is 5.75 Å². The fourth-order valence-electron chi connectivity index (χ4n) is 11.1. The predicted octanol–water partition coefficient (Wildman–Crippen LogP) is 3.35. The number of benzene rings is 1. The van der Waals surface area contributed by atoms with Gasteiger partial charge < -0.3 is 73.0 Å². The number of nitrogens with zero attached hydrogens (tertiary/aromatic N) is 5. The molecule has 4 heterocycles. The number of hydrogen-bond donors (Lipinski definition) is 5. The molecular weight excluding hydrogens is 951 g/mol. The first kappa shape index (κ1) is 60.3. The highest BCUT2D eigenvalue weighted by Crippen LogP contribution is 2.39. The average Bonchev–Trinajstić information content (AvgIpc) is 3.79. The first-order valence-corrected chi connectivity index (χ1v) is 27.5. The minimum Gasteiger partial charge on any atom is -0.612 e. The summed E-state index contributed by atoms with van der Waals surface area (Å²) in [5, 5.41) is 68.2. The summed E-state index contributed by atoms with van der Waals surface area (Å²) in [6.07, 6.45) is -3.17. The second kappa shape index (κ2) is 26.0. The van der Waals surface area contributed by atoms with E-state index in [2.05, 4.69) is 15.2 Å². The summed E-state index contributed by atoms with van der Waals surface area (Å²) in [5.41, 5.74) is -3.57. The molecule has 5 rings (SSSR count). The molecule has 0 bridgehead atoms. The van der Waals surface area contributed by atoms with Crippen LogP contribution in [0.4, 0.5) is 0 Å². The van der Waals surface area contributed by atoms with Gasteiger partial charge in [-0.05, 0) is 123 Å². The number of aliphatic hydroxyl groups is 5. The number of aryl methyl sites for hydroxylation is 1. The van der Waals surface area contributed by atoms with Crippen LogP contribution in [0, 0.1) is 17.8 Å². The van der Waals surface area contributed by atoms with Gasteiger partial charge in [0, 0.05) is 70.2 Å². The summed E-state index contributed by atoms with van der Waals surface area (Å²) in [6.45, 7) is 19.8. The van der Waals surface area contributed by atoms with Gasteiger partial charge in [0.15, 0.2) is 11.2 Å². The Balaban J connectivity index is 1.36. The fraction of sp³-hybridized carbons (Fsp3) is 0.827. The van der Waals surface area contributed by atoms with E-state index in [0.717, 1.165) is 10.6 Å². The number of carbonyl (C=O) groups is 1. The van der Waals surface area contributed by atoms with Gasteiger partial charge in [0.1, 0.15) is 42.0 Å². The monoisotopic (exact) mass is 1040 g/mol. The number of carbonyl (C=O) groups excluding carboxylic acids is 1. The molecule has 19 nitrogen and oxygen atoms in total. The first-order valence-electron chi connectivity index (χ1n) is 25.9. The predicted molar refractivity (Wildman–Crippen MR) is 271 cm³/mol. The van der Waals surface area contributed by atoms with Gasteiger partial charge in [-0.2, -0.15) is 0 Å². The normalized spacial score (nSPS) is 39.5. The van der Waals surface area contributed by atoms with E-state index in [1.54, 1.807) is 64.8 Å². The zero-order valence-electron chi connectivity index (χ0n) is 45.4. The lowest BCUT2D eigenvalue weighted by atomic mass is 9.77. The van der Waals surface area contributed by atoms with Gasteiger partial charge in [0.05, 0.1) is 66.5 Å². The van der Waals surface area contributed by atoms with Crippen molar-refractivity contribution in [3.05, 3.63) is 36.2 Å². The Labute approximate surface area is 431 Å². The highest BCUT2D eigenvalue weighted by atomic mass is 32.2. The number of esters is 1. The van der Waals surface area contributed by atoms with Gasteiger partial charge in [-0.15, -0.1) is 5.10 Å². The molecule has 3 fully saturated rings. The molecule has 5 N–H and O–H groups in total. The van der Waals surface area contributed by atoms with E-state index < -0.39 is 113 Å². The molecular formula is C52H89N5O14S. The number of aliphatic hydroxyl groups excluding tert-OH is 3. The largest absolute Gasteiger partial charge is 0.612 e. The SMILES string of the molecule is CC[C@H]1OC(=O)[C@H](C)[C@@H](OC[C@H]2C[C@@](C)(OC)[C@@H](O)[C@H](C)O2)[C@H](C)[C@@H](O[C@@H]2O[C@H](C)C[C@H](N(C)CCc3cn(CCCOc4ccc([S+](C)[O-])cc4)nn3)[C@H]2O)[C@](C)(O)C[C@@H](C)CN(C)[C@H](C)[C@@H](O)[C@]1(C)O. The minimum absolute atomic E-state index is 0.0157. The molecule has 1 unspecified atom stereocenters. The van der Waals surface area contributed by atoms with Crippen molar-refractivity contribution in [1.29, 1.82) is 0 Å². The molecule has 0 spiro atoms. The molecule has 3 aliphatic rings. The second-order valence-corrected chi connectivity index (χ2v) is 23.3. The lowest BCUT2D eigenvalue weighted by molar-refractivity contribution is -0.301. The summed E-state index contributed by atoms with van der Waals surface area (Å²) in [7, 11) is 5.32. The Morgan fingerprint density at radius 1 is 1.00 bits per heavy atom. The number of methoxy groups -OCH3 is 1. The lowest BCUT2D eigenvalue weighted by Crippen LogP contribution is -2.60. The molecule has 20 heteroatoms. The molecule has 3 aliphatic heterocycles. The van der Waals surface area contributed by atoms with Crippen LogP contribution in [-0.2, 0) is 57.4 Å². The van der Waals surface area contributed by atoms with Crippen molar-refractivity contribution < 1.29 is 68.0 Å². The Hall–Kier alpha value is -2.54. The maximum Gasteiger partial charge on any atom is 0.311 e. The zero-order valence-corrected chi connectivity index (χ0v) is 46.2. The van der Waals surface area contributed by atoms with Crippen molar-refractivity contribution in [2.45, 2.75) is 209 Å². The van der Waals surface area contributed by atoms with E-state index in [4.69, 9.17) is 33.2 Å². The van der Waals surface area contributed by atoms with Crippen LogP contribution < -0.4 is 4.74 Å². The molecule has 0 amide bonds. The molecule has 412 valence electrons. The molecule has 72 heavy (non-hydrogen) atoms. The summed E-state index contributed by atoms with van der Waals surface area (Å²) < 4.78 is 57.6. The van der Waals surface area contributed by atoms with Crippen LogP contribution in [0.25, 0.3) is 0 Å². The zero-order chi connectivity index (χ0) is 53.5. The van der Waals surface area contributed by atoms with Crippen molar-refractivity contribution in [2.75, 3.05) is 53.8 Å². The molecule has 1 aromatic carbocycles. The van der Waals surface area contributed by atoms with Crippen molar-refractivity contribution >= 4 is 17.1 Å². The van der Waals surface area contributed by atoms with Gasteiger partial charge in [-0.1, -0.05) is 26.0 Å². The first-order chi connectivity index (χ1) is 33.7.